The predicted molar refractivity (Wildman–Crippen MR) is 91.7 cm³/mol. The van der Waals surface area contributed by atoms with E-state index in [0.717, 1.165) is 11.3 Å². The molecule has 0 unspecified atom stereocenters. The van der Waals surface area contributed by atoms with Crippen molar-refractivity contribution < 1.29 is 14.3 Å². The van der Waals surface area contributed by atoms with E-state index in [1.54, 1.807) is 28.4 Å². The SMILES string of the molecule is NC(=O)c1cc(O[C@H]2CCN(C(=O)/C=C/c3cccs3)C2)ccn1. The Morgan fingerprint density at radius 1 is 1.42 bits per heavy atom. The van der Waals surface area contributed by atoms with Crippen molar-refractivity contribution in [3.8, 4) is 5.75 Å². The van der Waals surface area contributed by atoms with Crippen LogP contribution in [-0.4, -0.2) is 40.9 Å². The number of carbonyl (C=O) groups excluding carboxylic acids is 2. The molecule has 2 N–H and O–H groups in total. The third kappa shape index (κ3) is 3.99. The van der Waals surface area contributed by atoms with Gasteiger partial charge >= 0.3 is 0 Å². The fourth-order valence-corrected chi connectivity index (χ4v) is 3.10. The third-order valence-corrected chi connectivity index (χ3v) is 4.51. The average Bonchev–Trinajstić information content (AvgIpc) is 3.24. The van der Waals surface area contributed by atoms with Crippen molar-refractivity contribution in [2.24, 2.45) is 5.73 Å². The quantitative estimate of drug-likeness (QED) is 0.841. The van der Waals surface area contributed by atoms with Gasteiger partial charge in [0.05, 0.1) is 6.54 Å². The van der Waals surface area contributed by atoms with Crippen molar-refractivity contribution >= 4 is 29.2 Å². The maximum Gasteiger partial charge on any atom is 0.267 e. The molecular weight excluding hydrogens is 326 g/mol. The molecule has 3 heterocycles. The van der Waals surface area contributed by atoms with Crippen LogP contribution in [0.2, 0.25) is 0 Å². The number of hydrogen-bond acceptors (Lipinski definition) is 5. The van der Waals surface area contributed by atoms with Crippen LogP contribution >= 0.6 is 11.3 Å². The van der Waals surface area contributed by atoms with Gasteiger partial charge in [-0.1, -0.05) is 6.07 Å². The topological polar surface area (TPSA) is 85.5 Å². The van der Waals surface area contributed by atoms with Crippen LogP contribution in [0.25, 0.3) is 6.08 Å². The molecule has 24 heavy (non-hydrogen) atoms. The lowest BCUT2D eigenvalue weighted by Gasteiger charge is -2.16. The lowest BCUT2D eigenvalue weighted by atomic mass is 10.3. The molecule has 0 radical (unpaired) electrons. The van der Waals surface area contributed by atoms with Crippen molar-refractivity contribution in [1.82, 2.24) is 9.88 Å². The zero-order chi connectivity index (χ0) is 16.9. The maximum absolute atomic E-state index is 12.2. The van der Waals surface area contributed by atoms with Gasteiger partial charge in [-0.3, -0.25) is 14.6 Å². The number of aromatic nitrogens is 1. The number of pyridine rings is 1. The first-order valence-corrected chi connectivity index (χ1v) is 8.43. The van der Waals surface area contributed by atoms with Crippen LogP contribution in [0.1, 0.15) is 21.8 Å². The summed E-state index contributed by atoms with van der Waals surface area (Å²) >= 11 is 1.59. The van der Waals surface area contributed by atoms with Gasteiger partial charge in [0.1, 0.15) is 17.5 Å². The Hall–Kier alpha value is -2.67. The van der Waals surface area contributed by atoms with Crippen LogP contribution in [0.4, 0.5) is 0 Å². The normalized spacial score (nSPS) is 17.3. The first kappa shape index (κ1) is 16.2. The van der Waals surface area contributed by atoms with Crippen LogP contribution in [-0.2, 0) is 4.79 Å². The standard InChI is InChI=1S/C17H17N3O3S/c18-17(22)15-10-12(5-7-19-15)23-13-6-8-20(11-13)16(21)4-3-14-2-1-9-24-14/h1-5,7,9-10,13H,6,8,11H2,(H2,18,22)/b4-3+/t13-/m0/s1. The molecule has 1 saturated heterocycles. The Bertz CT molecular complexity index is 758. The van der Waals surface area contributed by atoms with Crippen LogP contribution in [0.15, 0.2) is 41.9 Å². The highest BCUT2D eigenvalue weighted by Crippen LogP contribution is 2.19. The fourth-order valence-electron chi connectivity index (χ4n) is 2.48. The van der Waals surface area contributed by atoms with Crippen molar-refractivity contribution in [2.45, 2.75) is 12.5 Å². The molecule has 6 nitrogen and oxygen atoms in total. The lowest BCUT2D eigenvalue weighted by Crippen LogP contribution is -2.29. The van der Waals surface area contributed by atoms with E-state index in [2.05, 4.69) is 4.98 Å². The number of carbonyl (C=O) groups is 2. The summed E-state index contributed by atoms with van der Waals surface area (Å²) in [6.07, 6.45) is 5.53. The van der Waals surface area contributed by atoms with Crippen LogP contribution < -0.4 is 10.5 Å². The molecule has 1 aliphatic heterocycles. The molecule has 2 amide bonds. The molecule has 7 heteroatoms. The molecule has 0 aliphatic carbocycles. The number of amides is 2. The number of primary amides is 1. The molecular formula is C17H17N3O3S. The minimum atomic E-state index is -0.595. The number of rotatable bonds is 5. The molecule has 0 bridgehead atoms. The Morgan fingerprint density at radius 3 is 3.04 bits per heavy atom. The number of ether oxygens (including phenoxy) is 1. The van der Waals surface area contributed by atoms with Gasteiger partial charge in [-0.15, -0.1) is 11.3 Å². The summed E-state index contributed by atoms with van der Waals surface area (Å²) in [5, 5.41) is 1.97. The van der Waals surface area contributed by atoms with E-state index in [1.807, 2.05) is 23.6 Å². The summed E-state index contributed by atoms with van der Waals surface area (Å²) in [6.45, 7) is 1.16. The lowest BCUT2D eigenvalue weighted by molar-refractivity contribution is -0.125. The minimum Gasteiger partial charge on any atom is -0.488 e. The van der Waals surface area contributed by atoms with Crippen LogP contribution in [0.3, 0.4) is 0 Å². The highest BCUT2D eigenvalue weighted by Gasteiger charge is 2.26. The van der Waals surface area contributed by atoms with Gasteiger partial charge in [0.15, 0.2) is 0 Å². The monoisotopic (exact) mass is 343 g/mol. The number of likely N-dealkylation sites (tertiary alicyclic amines) is 1. The third-order valence-electron chi connectivity index (χ3n) is 3.68. The summed E-state index contributed by atoms with van der Waals surface area (Å²) in [7, 11) is 0. The number of nitrogens with two attached hydrogens (primary N) is 1. The molecule has 0 aromatic carbocycles. The maximum atomic E-state index is 12.2. The van der Waals surface area contributed by atoms with Gasteiger partial charge in [-0.25, -0.2) is 0 Å². The molecule has 1 atom stereocenters. The fraction of sp³-hybridized carbons (Fsp3) is 0.235. The Balaban J connectivity index is 1.56. The second-order valence-corrected chi connectivity index (χ2v) is 6.38. The average molecular weight is 343 g/mol. The van der Waals surface area contributed by atoms with E-state index in [-0.39, 0.29) is 17.7 Å². The van der Waals surface area contributed by atoms with E-state index in [0.29, 0.717) is 18.8 Å². The second-order valence-electron chi connectivity index (χ2n) is 5.40. The van der Waals surface area contributed by atoms with E-state index < -0.39 is 5.91 Å². The molecule has 124 valence electrons. The first-order chi connectivity index (χ1) is 11.6. The summed E-state index contributed by atoms with van der Waals surface area (Å²) in [6, 6.07) is 7.10. The van der Waals surface area contributed by atoms with Crippen molar-refractivity contribution in [3.05, 3.63) is 52.5 Å². The molecule has 2 aromatic heterocycles. The van der Waals surface area contributed by atoms with E-state index >= 15 is 0 Å². The Labute approximate surface area is 143 Å². The summed E-state index contributed by atoms with van der Waals surface area (Å²) in [4.78, 5) is 30.0. The van der Waals surface area contributed by atoms with Gasteiger partial charge in [-0.2, -0.15) is 0 Å². The largest absolute Gasteiger partial charge is 0.488 e. The van der Waals surface area contributed by atoms with E-state index in [1.165, 1.54) is 12.3 Å². The molecule has 3 rings (SSSR count). The zero-order valence-electron chi connectivity index (χ0n) is 12.9. The second kappa shape index (κ2) is 7.27. The van der Waals surface area contributed by atoms with E-state index in [9.17, 15) is 9.59 Å². The summed E-state index contributed by atoms with van der Waals surface area (Å²) in [5.74, 6) is -0.0864. The molecule has 1 fully saturated rings. The van der Waals surface area contributed by atoms with Crippen LogP contribution in [0.5, 0.6) is 5.75 Å². The number of thiophene rings is 1. The Kier molecular flexibility index (Phi) is 4.90. The molecule has 0 saturated carbocycles. The van der Waals surface area contributed by atoms with Crippen molar-refractivity contribution in [3.63, 3.8) is 0 Å². The Morgan fingerprint density at radius 2 is 2.29 bits per heavy atom. The zero-order valence-corrected chi connectivity index (χ0v) is 13.7. The first-order valence-electron chi connectivity index (χ1n) is 7.55. The van der Waals surface area contributed by atoms with Gasteiger partial charge in [0, 0.05) is 36.2 Å². The highest BCUT2D eigenvalue weighted by molar-refractivity contribution is 7.10. The van der Waals surface area contributed by atoms with Gasteiger partial charge in [-0.05, 0) is 23.6 Å². The van der Waals surface area contributed by atoms with E-state index in [4.69, 9.17) is 10.5 Å². The smallest absolute Gasteiger partial charge is 0.267 e. The van der Waals surface area contributed by atoms with Crippen molar-refractivity contribution in [2.75, 3.05) is 13.1 Å². The molecule has 0 spiro atoms. The predicted octanol–water partition coefficient (Wildman–Crippen LogP) is 1.94. The van der Waals surface area contributed by atoms with Crippen molar-refractivity contribution in [1.29, 1.82) is 0 Å². The highest BCUT2D eigenvalue weighted by atomic mass is 32.1. The van der Waals surface area contributed by atoms with Gasteiger partial charge in [0.2, 0.25) is 5.91 Å². The summed E-state index contributed by atoms with van der Waals surface area (Å²) in [5.41, 5.74) is 5.37. The molecule has 2 aromatic rings. The molecule has 1 aliphatic rings. The van der Waals surface area contributed by atoms with Crippen LogP contribution in [0, 0.1) is 0 Å². The van der Waals surface area contributed by atoms with Gasteiger partial charge in [0.25, 0.3) is 5.91 Å². The number of nitrogens with zero attached hydrogens (tertiary/aromatic N) is 2. The minimum absolute atomic E-state index is 0.0259. The number of hydrogen-bond donors (Lipinski definition) is 1. The summed E-state index contributed by atoms with van der Waals surface area (Å²) < 4.78 is 5.83. The van der Waals surface area contributed by atoms with Gasteiger partial charge < -0.3 is 15.4 Å².